The smallest absolute Gasteiger partial charge is 0.246 e. The van der Waals surface area contributed by atoms with Crippen LogP contribution in [0.25, 0.3) is 0 Å². The Morgan fingerprint density at radius 1 is 1.27 bits per heavy atom. The quantitative estimate of drug-likeness (QED) is 0.719. The number of morpholine rings is 1. The van der Waals surface area contributed by atoms with Crippen LogP contribution in [0.4, 0.5) is 0 Å². The fourth-order valence-corrected chi connectivity index (χ4v) is 3.00. The lowest BCUT2D eigenvalue weighted by atomic mass is 9.77. The van der Waals surface area contributed by atoms with E-state index in [2.05, 4.69) is 19.2 Å². The normalized spacial score (nSPS) is 32.4. The summed E-state index contributed by atoms with van der Waals surface area (Å²) in [4.78, 5) is 11.3. The van der Waals surface area contributed by atoms with Crippen molar-refractivity contribution < 1.29 is 9.53 Å². The van der Waals surface area contributed by atoms with Gasteiger partial charge in [0.15, 0.2) is 0 Å². The van der Waals surface area contributed by atoms with Crippen LogP contribution in [0.3, 0.4) is 0 Å². The fraction of sp³-hybridized carbons (Fsp3) is 0.917. The third-order valence-corrected chi connectivity index (χ3v) is 3.64. The number of carbonyl (C=O) groups excluding carboxylic acids is 1. The van der Waals surface area contributed by atoms with Gasteiger partial charge < -0.3 is 10.1 Å². The topological polar surface area (TPSA) is 38.3 Å². The van der Waals surface area contributed by atoms with Crippen molar-refractivity contribution in [3.05, 3.63) is 0 Å². The maximum atomic E-state index is 11.3. The van der Waals surface area contributed by atoms with Gasteiger partial charge in [-0.1, -0.05) is 19.3 Å². The number of rotatable bonds is 1. The summed E-state index contributed by atoms with van der Waals surface area (Å²) in [6, 6.07) is 0. The number of amides is 1. The van der Waals surface area contributed by atoms with E-state index in [0.29, 0.717) is 5.92 Å². The fourth-order valence-electron chi connectivity index (χ4n) is 3.00. The van der Waals surface area contributed by atoms with Crippen LogP contribution in [-0.2, 0) is 9.53 Å². The van der Waals surface area contributed by atoms with Gasteiger partial charge in [-0.05, 0) is 32.6 Å². The molecule has 1 N–H and O–H groups in total. The highest BCUT2D eigenvalue weighted by Gasteiger charge is 2.41. The number of hydrogen-bond donors (Lipinski definition) is 1. The van der Waals surface area contributed by atoms with Gasteiger partial charge in [-0.2, -0.15) is 0 Å². The summed E-state index contributed by atoms with van der Waals surface area (Å²) in [7, 11) is 0. The Morgan fingerprint density at radius 3 is 2.53 bits per heavy atom. The molecular formula is C12H21NO2. The lowest BCUT2D eigenvalue weighted by Crippen LogP contribution is -2.61. The molecule has 0 bridgehead atoms. The van der Waals surface area contributed by atoms with Crippen LogP contribution in [0.1, 0.15) is 46.0 Å². The second-order valence-electron chi connectivity index (χ2n) is 5.40. The van der Waals surface area contributed by atoms with Crippen molar-refractivity contribution in [2.24, 2.45) is 5.92 Å². The van der Waals surface area contributed by atoms with Gasteiger partial charge in [0.2, 0.25) is 5.91 Å². The van der Waals surface area contributed by atoms with E-state index in [0.717, 1.165) is 0 Å². The molecule has 1 atom stereocenters. The van der Waals surface area contributed by atoms with Crippen molar-refractivity contribution in [3.63, 3.8) is 0 Å². The van der Waals surface area contributed by atoms with E-state index in [-0.39, 0.29) is 24.2 Å². The van der Waals surface area contributed by atoms with Gasteiger partial charge in [0.05, 0.1) is 11.6 Å². The van der Waals surface area contributed by atoms with Crippen LogP contribution >= 0.6 is 0 Å². The van der Waals surface area contributed by atoms with E-state index in [9.17, 15) is 4.79 Å². The maximum Gasteiger partial charge on any atom is 0.246 e. The molecule has 86 valence electrons. The molecule has 2 aliphatic rings. The zero-order chi connectivity index (χ0) is 10.9. The molecule has 1 unspecified atom stereocenters. The van der Waals surface area contributed by atoms with Gasteiger partial charge in [-0.15, -0.1) is 0 Å². The summed E-state index contributed by atoms with van der Waals surface area (Å²) in [5.74, 6) is 0.654. The molecular weight excluding hydrogens is 190 g/mol. The van der Waals surface area contributed by atoms with Gasteiger partial charge in [-0.25, -0.2) is 0 Å². The van der Waals surface area contributed by atoms with E-state index in [1.807, 2.05) is 0 Å². The molecule has 0 aromatic rings. The van der Waals surface area contributed by atoms with E-state index >= 15 is 0 Å². The molecule has 0 aromatic carbocycles. The maximum absolute atomic E-state index is 11.3. The second kappa shape index (κ2) is 4.12. The SMILES string of the molecule is CC1(C)NC(=O)COC1C1CCCCC1. The molecule has 0 aromatic heterocycles. The van der Waals surface area contributed by atoms with Crippen molar-refractivity contribution in [2.45, 2.75) is 57.6 Å². The van der Waals surface area contributed by atoms with E-state index in [4.69, 9.17) is 4.74 Å². The summed E-state index contributed by atoms with van der Waals surface area (Å²) in [5.41, 5.74) is -0.197. The summed E-state index contributed by atoms with van der Waals surface area (Å²) < 4.78 is 5.73. The molecule has 3 heteroatoms. The van der Waals surface area contributed by atoms with E-state index in [1.165, 1.54) is 32.1 Å². The summed E-state index contributed by atoms with van der Waals surface area (Å²) >= 11 is 0. The molecule has 3 nitrogen and oxygen atoms in total. The Morgan fingerprint density at radius 2 is 1.93 bits per heavy atom. The molecule has 1 saturated heterocycles. The number of ether oxygens (including phenoxy) is 1. The largest absolute Gasteiger partial charge is 0.366 e. The van der Waals surface area contributed by atoms with Gasteiger partial charge in [0, 0.05) is 0 Å². The molecule has 1 saturated carbocycles. The predicted octanol–water partition coefficient (Wildman–Crippen LogP) is 1.86. The molecule has 0 spiro atoms. The standard InChI is InChI=1S/C12H21NO2/c1-12(2)11(15-8-10(14)13-12)9-6-4-3-5-7-9/h9,11H,3-8H2,1-2H3,(H,13,14). The summed E-state index contributed by atoms with van der Waals surface area (Å²) in [5, 5.41) is 3.04. The Balaban J connectivity index is 2.03. The highest BCUT2D eigenvalue weighted by Crippen LogP contribution is 2.34. The highest BCUT2D eigenvalue weighted by molar-refractivity contribution is 5.78. The van der Waals surface area contributed by atoms with Crippen molar-refractivity contribution in [1.82, 2.24) is 5.32 Å². The molecule has 1 heterocycles. The van der Waals surface area contributed by atoms with Crippen LogP contribution in [0.15, 0.2) is 0 Å². The lowest BCUT2D eigenvalue weighted by molar-refractivity contribution is -0.147. The predicted molar refractivity (Wildman–Crippen MR) is 58.5 cm³/mol. The lowest BCUT2D eigenvalue weighted by Gasteiger charge is -2.44. The van der Waals surface area contributed by atoms with Crippen LogP contribution in [0, 0.1) is 5.92 Å². The first-order valence-corrected chi connectivity index (χ1v) is 6.02. The minimum absolute atomic E-state index is 0.0204. The molecule has 1 aliphatic carbocycles. The average Bonchev–Trinajstić information content (AvgIpc) is 2.17. The van der Waals surface area contributed by atoms with Crippen molar-refractivity contribution in [2.75, 3.05) is 6.61 Å². The Labute approximate surface area is 91.6 Å². The van der Waals surface area contributed by atoms with E-state index in [1.54, 1.807) is 0 Å². The van der Waals surface area contributed by atoms with Crippen LogP contribution in [-0.4, -0.2) is 24.2 Å². The Hall–Kier alpha value is -0.570. The van der Waals surface area contributed by atoms with Crippen LogP contribution < -0.4 is 5.32 Å². The third kappa shape index (κ3) is 2.33. The first-order chi connectivity index (χ1) is 7.09. The number of nitrogens with one attached hydrogen (secondary N) is 1. The Bertz CT molecular complexity index is 244. The van der Waals surface area contributed by atoms with Crippen molar-refractivity contribution in [1.29, 1.82) is 0 Å². The highest BCUT2D eigenvalue weighted by atomic mass is 16.5. The van der Waals surface area contributed by atoms with Crippen molar-refractivity contribution in [3.8, 4) is 0 Å². The van der Waals surface area contributed by atoms with E-state index < -0.39 is 0 Å². The minimum atomic E-state index is -0.197. The zero-order valence-electron chi connectivity index (χ0n) is 9.71. The van der Waals surface area contributed by atoms with Gasteiger partial charge in [-0.3, -0.25) is 4.79 Å². The number of hydrogen-bond acceptors (Lipinski definition) is 2. The van der Waals surface area contributed by atoms with Gasteiger partial charge >= 0.3 is 0 Å². The molecule has 1 aliphatic heterocycles. The summed E-state index contributed by atoms with van der Waals surface area (Å²) in [6.07, 6.45) is 6.70. The zero-order valence-corrected chi connectivity index (χ0v) is 9.71. The van der Waals surface area contributed by atoms with Gasteiger partial charge in [0.25, 0.3) is 0 Å². The van der Waals surface area contributed by atoms with Crippen LogP contribution in [0.2, 0.25) is 0 Å². The first kappa shape index (κ1) is 10.9. The van der Waals surface area contributed by atoms with Gasteiger partial charge in [0.1, 0.15) is 6.61 Å². The summed E-state index contributed by atoms with van der Waals surface area (Å²) in [6.45, 7) is 4.39. The molecule has 2 rings (SSSR count). The third-order valence-electron chi connectivity index (χ3n) is 3.64. The van der Waals surface area contributed by atoms with Crippen molar-refractivity contribution >= 4 is 5.91 Å². The molecule has 0 radical (unpaired) electrons. The second-order valence-corrected chi connectivity index (χ2v) is 5.40. The molecule has 2 fully saturated rings. The Kier molecular flexibility index (Phi) is 3.01. The number of carbonyl (C=O) groups is 1. The first-order valence-electron chi connectivity index (χ1n) is 6.02. The monoisotopic (exact) mass is 211 g/mol. The molecule has 1 amide bonds. The average molecular weight is 211 g/mol. The minimum Gasteiger partial charge on any atom is -0.366 e. The molecule has 15 heavy (non-hydrogen) atoms. The van der Waals surface area contributed by atoms with Crippen LogP contribution in [0.5, 0.6) is 0 Å².